The zero-order valence-corrected chi connectivity index (χ0v) is 14.6. The minimum absolute atomic E-state index is 0.461. The second-order valence-electron chi connectivity index (χ2n) is 6.64. The van der Waals surface area contributed by atoms with Crippen LogP contribution in [0.1, 0.15) is 44.5 Å². The Morgan fingerprint density at radius 3 is 2.90 bits per heavy atom. The highest BCUT2D eigenvalue weighted by Gasteiger charge is 2.36. The van der Waals surface area contributed by atoms with E-state index in [9.17, 15) is 0 Å². The van der Waals surface area contributed by atoms with Gasteiger partial charge in [0.25, 0.3) is 0 Å². The fraction of sp³-hybridized carbons (Fsp3) is 0.588. The summed E-state index contributed by atoms with van der Waals surface area (Å²) in [5.41, 5.74) is 1.61. The summed E-state index contributed by atoms with van der Waals surface area (Å²) in [6.45, 7) is 4.87. The molecule has 1 fully saturated rings. The molecule has 1 saturated carbocycles. The van der Waals surface area contributed by atoms with Crippen LogP contribution in [0.4, 0.5) is 0 Å². The van der Waals surface area contributed by atoms with Gasteiger partial charge in [0.15, 0.2) is 0 Å². The largest absolute Gasteiger partial charge is 0.241 e. The minimum atomic E-state index is 0.461. The Morgan fingerprint density at radius 1 is 1.35 bits per heavy atom. The van der Waals surface area contributed by atoms with Crippen LogP contribution in [-0.2, 0) is 6.42 Å². The Labute approximate surface area is 133 Å². The van der Waals surface area contributed by atoms with E-state index in [0.717, 1.165) is 17.9 Å². The molecule has 1 aliphatic carbocycles. The highest BCUT2D eigenvalue weighted by molar-refractivity contribution is 9.09. The molecule has 2 atom stereocenters. The van der Waals surface area contributed by atoms with Gasteiger partial charge in [-0.05, 0) is 36.3 Å². The van der Waals surface area contributed by atoms with Gasteiger partial charge in [-0.1, -0.05) is 54.8 Å². The molecule has 0 bridgehead atoms. The van der Waals surface area contributed by atoms with E-state index in [1.54, 1.807) is 0 Å². The number of halogens is 1. The SMILES string of the molecule is CC1(C)CCCCC1C(Br)Cc1nc2ccccc2s1. The number of benzene rings is 1. The number of hydrogen-bond acceptors (Lipinski definition) is 2. The number of fused-ring (bicyclic) bond motifs is 1. The average molecular weight is 352 g/mol. The normalized spacial score (nSPS) is 23.9. The molecule has 2 unspecified atom stereocenters. The molecule has 2 aromatic rings. The van der Waals surface area contributed by atoms with Crippen LogP contribution in [0.25, 0.3) is 10.2 Å². The third kappa shape index (κ3) is 2.94. The van der Waals surface area contributed by atoms with E-state index >= 15 is 0 Å². The Hall–Kier alpha value is -0.410. The smallest absolute Gasteiger partial charge is 0.0949 e. The molecule has 0 radical (unpaired) electrons. The lowest BCUT2D eigenvalue weighted by Crippen LogP contribution is -2.35. The van der Waals surface area contributed by atoms with E-state index in [2.05, 4.69) is 54.0 Å². The zero-order valence-electron chi connectivity index (χ0n) is 12.2. The summed E-state index contributed by atoms with van der Waals surface area (Å²) in [6.07, 6.45) is 6.56. The summed E-state index contributed by atoms with van der Waals surface area (Å²) >= 11 is 5.82. The fourth-order valence-corrected chi connectivity index (χ4v) is 6.03. The van der Waals surface area contributed by atoms with Crippen molar-refractivity contribution in [2.45, 2.75) is 50.8 Å². The Kier molecular flexibility index (Phi) is 4.19. The predicted octanol–water partition coefficient (Wildman–Crippen LogP) is 5.82. The molecular weight excluding hydrogens is 330 g/mol. The molecule has 0 aliphatic heterocycles. The van der Waals surface area contributed by atoms with Crippen LogP contribution < -0.4 is 0 Å². The molecule has 3 heteroatoms. The van der Waals surface area contributed by atoms with Gasteiger partial charge < -0.3 is 0 Å². The van der Waals surface area contributed by atoms with Crippen LogP contribution in [0, 0.1) is 11.3 Å². The lowest BCUT2D eigenvalue weighted by molar-refractivity contribution is 0.136. The minimum Gasteiger partial charge on any atom is -0.241 e. The van der Waals surface area contributed by atoms with E-state index in [4.69, 9.17) is 4.98 Å². The summed E-state index contributed by atoms with van der Waals surface area (Å²) in [4.78, 5) is 5.34. The van der Waals surface area contributed by atoms with Gasteiger partial charge in [0.1, 0.15) is 0 Å². The van der Waals surface area contributed by atoms with Crippen LogP contribution in [0.2, 0.25) is 0 Å². The van der Waals surface area contributed by atoms with Crippen LogP contribution in [0.15, 0.2) is 24.3 Å². The van der Waals surface area contributed by atoms with Gasteiger partial charge in [-0.25, -0.2) is 4.98 Å². The van der Waals surface area contributed by atoms with Crippen molar-refractivity contribution in [3.63, 3.8) is 0 Å². The van der Waals surface area contributed by atoms with Crippen molar-refractivity contribution in [1.29, 1.82) is 0 Å². The Balaban J connectivity index is 1.76. The standard InChI is InChI=1S/C17H22BrNS/c1-17(2)10-6-5-7-12(17)13(18)11-16-19-14-8-3-4-9-15(14)20-16/h3-4,8-9,12-13H,5-7,10-11H2,1-2H3. The molecule has 1 nitrogen and oxygen atoms in total. The molecule has 1 aliphatic rings. The van der Waals surface area contributed by atoms with Crippen molar-refractivity contribution in [1.82, 2.24) is 4.98 Å². The van der Waals surface area contributed by atoms with E-state index in [1.165, 1.54) is 35.4 Å². The number of nitrogens with zero attached hydrogens (tertiary/aromatic N) is 1. The highest BCUT2D eigenvalue weighted by atomic mass is 79.9. The lowest BCUT2D eigenvalue weighted by atomic mass is 9.67. The summed E-state index contributed by atoms with van der Waals surface area (Å²) in [5, 5.41) is 1.27. The Morgan fingerprint density at radius 2 is 2.15 bits per heavy atom. The first-order chi connectivity index (χ1) is 9.56. The van der Waals surface area contributed by atoms with Gasteiger partial charge in [-0.15, -0.1) is 11.3 Å². The van der Waals surface area contributed by atoms with E-state index in [-0.39, 0.29) is 0 Å². The topological polar surface area (TPSA) is 12.9 Å². The molecule has 1 aromatic heterocycles. The number of para-hydroxylation sites is 1. The second kappa shape index (κ2) is 5.76. The van der Waals surface area contributed by atoms with Crippen molar-refractivity contribution in [3.8, 4) is 0 Å². The summed E-state index contributed by atoms with van der Waals surface area (Å²) in [7, 11) is 0. The summed E-state index contributed by atoms with van der Waals surface area (Å²) in [6, 6.07) is 8.45. The van der Waals surface area contributed by atoms with Crippen molar-refractivity contribution in [3.05, 3.63) is 29.3 Å². The number of alkyl halides is 1. The number of thiazole rings is 1. The molecule has 3 rings (SSSR count). The third-order valence-corrected chi connectivity index (χ3v) is 6.76. The van der Waals surface area contributed by atoms with Crippen LogP contribution in [-0.4, -0.2) is 9.81 Å². The summed E-state index contributed by atoms with van der Waals surface area (Å²) in [5.74, 6) is 0.767. The molecule has 0 N–H and O–H groups in total. The maximum atomic E-state index is 4.78. The molecular formula is C17H22BrNS. The van der Waals surface area contributed by atoms with Gasteiger partial charge in [0, 0.05) is 11.2 Å². The number of hydrogen-bond donors (Lipinski definition) is 0. The Bertz CT molecular complexity index is 556. The van der Waals surface area contributed by atoms with Gasteiger partial charge >= 0.3 is 0 Å². The highest BCUT2D eigenvalue weighted by Crippen LogP contribution is 2.45. The van der Waals surface area contributed by atoms with Gasteiger partial charge in [-0.2, -0.15) is 0 Å². The zero-order chi connectivity index (χ0) is 14.2. The molecule has 20 heavy (non-hydrogen) atoms. The van der Waals surface area contributed by atoms with Crippen LogP contribution in [0.5, 0.6) is 0 Å². The van der Waals surface area contributed by atoms with E-state index < -0.39 is 0 Å². The number of rotatable bonds is 3. The monoisotopic (exact) mass is 351 g/mol. The molecule has 0 saturated heterocycles. The molecule has 1 aromatic carbocycles. The van der Waals surface area contributed by atoms with Crippen LogP contribution in [0.3, 0.4) is 0 Å². The van der Waals surface area contributed by atoms with Gasteiger partial charge in [-0.3, -0.25) is 0 Å². The van der Waals surface area contributed by atoms with Crippen molar-refractivity contribution >= 4 is 37.5 Å². The predicted molar refractivity (Wildman–Crippen MR) is 91.8 cm³/mol. The maximum absolute atomic E-state index is 4.78. The lowest BCUT2D eigenvalue weighted by Gasteiger charge is -2.41. The summed E-state index contributed by atoms with van der Waals surface area (Å²) < 4.78 is 1.31. The molecule has 108 valence electrons. The van der Waals surface area contributed by atoms with E-state index in [1.807, 2.05) is 11.3 Å². The van der Waals surface area contributed by atoms with Gasteiger partial charge in [0.05, 0.1) is 15.2 Å². The third-order valence-electron chi connectivity index (χ3n) is 4.73. The van der Waals surface area contributed by atoms with Crippen molar-refractivity contribution in [2.24, 2.45) is 11.3 Å². The van der Waals surface area contributed by atoms with Crippen LogP contribution >= 0.6 is 27.3 Å². The quantitative estimate of drug-likeness (QED) is 0.635. The first-order valence-electron chi connectivity index (χ1n) is 7.55. The molecule has 1 heterocycles. The van der Waals surface area contributed by atoms with E-state index in [0.29, 0.717) is 10.2 Å². The number of aromatic nitrogens is 1. The fourth-order valence-electron chi connectivity index (χ4n) is 3.51. The second-order valence-corrected chi connectivity index (χ2v) is 8.93. The van der Waals surface area contributed by atoms with Gasteiger partial charge in [0.2, 0.25) is 0 Å². The molecule has 0 spiro atoms. The van der Waals surface area contributed by atoms with Crippen molar-refractivity contribution < 1.29 is 0 Å². The first kappa shape index (κ1) is 14.5. The average Bonchev–Trinajstić information content (AvgIpc) is 2.80. The molecule has 0 amide bonds. The first-order valence-corrected chi connectivity index (χ1v) is 9.28. The van der Waals surface area contributed by atoms with Crippen molar-refractivity contribution in [2.75, 3.05) is 0 Å². The maximum Gasteiger partial charge on any atom is 0.0949 e.